The van der Waals surface area contributed by atoms with Gasteiger partial charge in [-0.05, 0) is 49.0 Å². The van der Waals surface area contributed by atoms with Crippen molar-refractivity contribution in [3.63, 3.8) is 0 Å². The van der Waals surface area contributed by atoms with E-state index in [0.717, 1.165) is 38.2 Å². The number of amides is 1. The Bertz CT molecular complexity index is 926. The summed E-state index contributed by atoms with van der Waals surface area (Å²) in [5.74, 6) is -2.49. The molecule has 0 bridgehead atoms. The van der Waals surface area contributed by atoms with Crippen LogP contribution >= 0.6 is 11.3 Å². The summed E-state index contributed by atoms with van der Waals surface area (Å²) in [5.41, 5.74) is 1.96. The van der Waals surface area contributed by atoms with E-state index in [4.69, 9.17) is 14.6 Å². The minimum atomic E-state index is -5.08. The number of rotatable bonds is 5. The molecule has 1 spiro atoms. The van der Waals surface area contributed by atoms with Crippen LogP contribution in [0.25, 0.3) is 0 Å². The molecule has 2 aromatic rings. The van der Waals surface area contributed by atoms with Crippen LogP contribution in [0.5, 0.6) is 0 Å². The Kier molecular flexibility index (Phi) is 7.58. The lowest BCUT2D eigenvalue weighted by Crippen LogP contribution is -2.48. The molecule has 10 heteroatoms. The van der Waals surface area contributed by atoms with Gasteiger partial charge in [0.1, 0.15) is 0 Å². The van der Waals surface area contributed by atoms with Crippen LogP contribution in [0.1, 0.15) is 23.3 Å². The minimum Gasteiger partial charge on any atom is -0.475 e. The number of para-hydroxylation sites is 1. The smallest absolute Gasteiger partial charge is 0.475 e. The van der Waals surface area contributed by atoms with E-state index in [1.165, 1.54) is 10.4 Å². The number of hydrogen-bond donors (Lipinski definition) is 1. The van der Waals surface area contributed by atoms with Gasteiger partial charge in [-0.15, -0.1) is 11.3 Å². The molecule has 2 aliphatic rings. The number of alkyl halides is 3. The first-order valence-electron chi connectivity index (χ1n) is 10.1. The third-order valence-electron chi connectivity index (χ3n) is 5.80. The molecule has 1 aromatic heterocycles. The van der Waals surface area contributed by atoms with Crippen LogP contribution in [-0.2, 0) is 26.3 Å². The second kappa shape index (κ2) is 10.0. The highest BCUT2D eigenvalue weighted by Gasteiger charge is 2.51. The van der Waals surface area contributed by atoms with Gasteiger partial charge in [-0.2, -0.15) is 13.2 Å². The van der Waals surface area contributed by atoms with Gasteiger partial charge in [-0.1, -0.05) is 24.3 Å². The van der Waals surface area contributed by atoms with Crippen LogP contribution in [0, 0.1) is 0 Å². The third-order valence-corrected chi connectivity index (χ3v) is 6.66. The number of carbonyl (C=O) groups is 2. The fourth-order valence-electron chi connectivity index (χ4n) is 4.20. The second-order valence-corrected chi connectivity index (χ2v) is 8.74. The summed E-state index contributed by atoms with van der Waals surface area (Å²) in [4.78, 5) is 28.0. The molecule has 0 radical (unpaired) electrons. The van der Waals surface area contributed by atoms with Crippen LogP contribution in [0.4, 0.5) is 18.9 Å². The number of methoxy groups -OCH3 is 1. The second-order valence-electron chi connectivity index (χ2n) is 7.71. The number of thiophene rings is 1. The Labute approximate surface area is 188 Å². The fourth-order valence-corrected chi connectivity index (χ4v) is 4.95. The Morgan fingerprint density at radius 3 is 2.41 bits per heavy atom. The summed E-state index contributed by atoms with van der Waals surface area (Å²) in [6, 6.07) is 12.6. The molecule has 4 rings (SSSR count). The van der Waals surface area contributed by atoms with Crippen molar-refractivity contribution in [1.82, 2.24) is 4.90 Å². The maximum Gasteiger partial charge on any atom is 0.490 e. The predicted molar refractivity (Wildman–Crippen MR) is 115 cm³/mol. The maximum atomic E-state index is 13.3. The molecule has 1 amide bonds. The lowest BCUT2D eigenvalue weighted by atomic mass is 9.73. The number of aliphatic carboxylic acids is 1. The van der Waals surface area contributed by atoms with E-state index in [-0.39, 0.29) is 11.3 Å². The van der Waals surface area contributed by atoms with Crippen LogP contribution in [-0.4, -0.2) is 61.4 Å². The van der Waals surface area contributed by atoms with Gasteiger partial charge in [0.15, 0.2) is 0 Å². The Balaban J connectivity index is 0.000000360. The van der Waals surface area contributed by atoms with Gasteiger partial charge in [0, 0.05) is 30.8 Å². The summed E-state index contributed by atoms with van der Waals surface area (Å²) in [7, 11) is 1.69. The number of piperidine rings is 1. The molecule has 6 nitrogen and oxygen atoms in total. The highest BCUT2D eigenvalue weighted by Crippen LogP contribution is 2.47. The number of benzene rings is 1. The summed E-state index contributed by atoms with van der Waals surface area (Å²) in [5, 5.41) is 9.26. The molecule has 0 unspecified atom stereocenters. The topological polar surface area (TPSA) is 70.1 Å². The minimum absolute atomic E-state index is 0.265. The molecular weight excluding hydrogens is 445 g/mol. The number of nitrogens with zero attached hydrogens (tertiary/aromatic N) is 2. The number of hydrogen-bond acceptors (Lipinski definition) is 5. The average Bonchev–Trinajstić information content (AvgIpc) is 3.34. The monoisotopic (exact) mass is 470 g/mol. The lowest BCUT2D eigenvalue weighted by Gasteiger charge is -2.38. The van der Waals surface area contributed by atoms with Crippen molar-refractivity contribution in [3.8, 4) is 0 Å². The number of carbonyl (C=O) groups excluding carboxylic acids is 1. The Morgan fingerprint density at radius 1 is 1.19 bits per heavy atom. The number of likely N-dealkylation sites (tertiary alicyclic amines) is 1. The summed E-state index contributed by atoms with van der Waals surface area (Å²) in [6.07, 6.45) is -3.28. The molecule has 32 heavy (non-hydrogen) atoms. The van der Waals surface area contributed by atoms with Gasteiger partial charge in [0.25, 0.3) is 0 Å². The summed E-state index contributed by atoms with van der Waals surface area (Å²) in [6.45, 7) is 4.14. The molecule has 174 valence electrons. The van der Waals surface area contributed by atoms with E-state index in [0.29, 0.717) is 13.2 Å². The predicted octanol–water partition coefficient (Wildman–Crippen LogP) is 3.91. The standard InChI is InChI=1S/C20H24N2O2S.C2HF3O2/c1-24-13-12-22-18-7-3-2-6-17(18)20(19(22)23)8-10-21(11-9-20)15-16-5-4-14-25-16;3-2(4,5)1(6)7/h2-7,14H,8-13,15H2,1H3;(H,6,7). The van der Waals surface area contributed by atoms with Crippen LogP contribution < -0.4 is 4.90 Å². The Morgan fingerprint density at radius 2 is 1.84 bits per heavy atom. The first-order valence-corrected chi connectivity index (χ1v) is 11.0. The number of halogens is 3. The number of carboxylic acids is 1. The van der Waals surface area contributed by atoms with Gasteiger partial charge in [-0.25, -0.2) is 4.79 Å². The van der Waals surface area contributed by atoms with Crippen molar-refractivity contribution in [2.45, 2.75) is 31.0 Å². The highest BCUT2D eigenvalue weighted by atomic mass is 32.1. The lowest BCUT2D eigenvalue weighted by molar-refractivity contribution is -0.192. The van der Waals surface area contributed by atoms with E-state index < -0.39 is 12.1 Å². The maximum absolute atomic E-state index is 13.3. The van der Waals surface area contributed by atoms with Crippen molar-refractivity contribution >= 4 is 28.9 Å². The normalized spacial score (nSPS) is 17.8. The van der Waals surface area contributed by atoms with Gasteiger partial charge in [0.05, 0.1) is 12.0 Å². The quantitative estimate of drug-likeness (QED) is 0.718. The van der Waals surface area contributed by atoms with Crippen molar-refractivity contribution in [2.75, 3.05) is 38.3 Å². The fraction of sp³-hybridized carbons (Fsp3) is 0.455. The van der Waals surface area contributed by atoms with E-state index >= 15 is 0 Å². The summed E-state index contributed by atoms with van der Waals surface area (Å²) < 4.78 is 37.0. The number of ether oxygens (including phenoxy) is 1. The first kappa shape index (κ1) is 24.2. The molecule has 0 aliphatic carbocycles. The summed E-state index contributed by atoms with van der Waals surface area (Å²) >= 11 is 1.81. The molecule has 0 atom stereocenters. The first-order chi connectivity index (χ1) is 15.2. The zero-order chi connectivity index (χ0) is 23.4. The largest absolute Gasteiger partial charge is 0.490 e. The van der Waals surface area contributed by atoms with Crippen LogP contribution in [0.15, 0.2) is 41.8 Å². The van der Waals surface area contributed by atoms with Gasteiger partial charge >= 0.3 is 12.1 Å². The van der Waals surface area contributed by atoms with E-state index in [9.17, 15) is 18.0 Å². The van der Waals surface area contributed by atoms with Crippen molar-refractivity contribution < 1.29 is 32.6 Å². The zero-order valence-electron chi connectivity index (χ0n) is 17.6. The van der Waals surface area contributed by atoms with Crippen molar-refractivity contribution in [1.29, 1.82) is 0 Å². The molecule has 3 heterocycles. The molecule has 1 fully saturated rings. The van der Waals surface area contributed by atoms with E-state index in [1.807, 2.05) is 22.3 Å². The molecular formula is C22H25F3N2O4S. The van der Waals surface area contributed by atoms with Gasteiger partial charge in [0.2, 0.25) is 5.91 Å². The molecule has 1 aromatic carbocycles. The van der Waals surface area contributed by atoms with Gasteiger partial charge < -0.3 is 14.7 Å². The number of carboxylic acid groups (broad SMARTS) is 1. The SMILES string of the molecule is COCCN1C(=O)C2(CCN(Cc3cccs3)CC2)c2ccccc21.O=C(O)C(F)(F)F. The molecule has 2 aliphatic heterocycles. The molecule has 0 saturated carbocycles. The average molecular weight is 471 g/mol. The van der Waals surface area contributed by atoms with Crippen molar-refractivity contribution in [3.05, 3.63) is 52.2 Å². The highest BCUT2D eigenvalue weighted by molar-refractivity contribution is 7.09. The molecule has 1 saturated heterocycles. The van der Waals surface area contributed by atoms with Gasteiger partial charge in [-0.3, -0.25) is 9.69 Å². The van der Waals surface area contributed by atoms with Crippen LogP contribution in [0.3, 0.4) is 0 Å². The van der Waals surface area contributed by atoms with E-state index in [1.54, 1.807) is 7.11 Å². The van der Waals surface area contributed by atoms with Crippen molar-refractivity contribution in [2.24, 2.45) is 0 Å². The van der Waals surface area contributed by atoms with E-state index in [2.05, 4.69) is 40.6 Å². The Hall–Kier alpha value is -2.43. The number of anilines is 1. The number of fused-ring (bicyclic) bond motifs is 2. The zero-order valence-corrected chi connectivity index (χ0v) is 18.4. The third kappa shape index (κ3) is 5.13. The molecule has 1 N–H and O–H groups in total. The van der Waals surface area contributed by atoms with Crippen LogP contribution in [0.2, 0.25) is 0 Å².